The van der Waals surface area contributed by atoms with Gasteiger partial charge in [-0.2, -0.15) is 4.98 Å². The number of anilines is 1. The Kier molecular flexibility index (Phi) is 10.4. The highest BCUT2D eigenvalue weighted by molar-refractivity contribution is 14.1. The number of esters is 1. The van der Waals surface area contributed by atoms with Gasteiger partial charge in [0.25, 0.3) is 17.4 Å². The summed E-state index contributed by atoms with van der Waals surface area (Å²) in [5.41, 5.74) is 7.29. The van der Waals surface area contributed by atoms with Gasteiger partial charge in [0.15, 0.2) is 16.9 Å². The van der Waals surface area contributed by atoms with E-state index in [0.717, 1.165) is 4.90 Å². The minimum Gasteiger partial charge on any atom is -0.497 e. The molecule has 1 aliphatic rings. The SMILES string of the molecule is COc1ccc(C(=O)O[C@H]2C[C@H](n3cnc4c(=O)[nH]c(N(C(=O)c5ccc(OC)cc5)C(=O)c5ccc(OC)cc5)nc43)O[C@@]2(CI)N=[N+]=[N-])cc1. The summed E-state index contributed by atoms with van der Waals surface area (Å²) in [6.45, 7) is 0. The fourth-order valence-corrected chi connectivity index (χ4v) is 6.33. The molecule has 0 spiro atoms. The highest BCUT2D eigenvalue weighted by atomic mass is 127. The van der Waals surface area contributed by atoms with Crippen LogP contribution in [0.25, 0.3) is 21.6 Å². The number of H-pyrrole nitrogens is 1. The first-order valence-corrected chi connectivity index (χ1v) is 17.0. The van der Waals surface area contributed by atoms with Crippen molar-refractivity contribution in [3.63, 3.8) is 0 Å². The van der Waals surface area contributed by atoms with E-state index in [1.54, 1.807) is 36.4 Å². The molecule has 3 atom stereocenters. The maximum atomic E-state index is 14.0. The molecular formula is C34H29IN8O9. The second-order valence-electron chi connectivity index (χ2n) is 11.2. The number of rotatable bonds is 11. The van der Waals surface area contributed by atoms with Crippen molar-refractivity contribution in [3.8, 4) is 17.2 Å². The highest BCUT2D eigenvalue weighted by Crippen LogP contribution is 2.42. The first-order valence-electron chi connectivity index (χ1n) is 15.4. The number of ether oxygens (including phenoxy) is 5. The standard InChI is InChI=1S/C34H29IN8O9/c1-48-22-10-4-19(5-11-22)30(45)43(31(46)20-6-12-23(49-2)13-7-20)33-38-28-27(29(44)39-33)37-18-42(28)26-16-25(34(17-35,52-26)40-41-36)51-32(47)21-8-14-24(50-3)15-9-21/h4-15,18,25-26H,16-17H2,1-3H3,(H,38,39,44)/t25-,26+,34+/m0/s1. The predicted octanol–water partition coefficient (Wildman–Crippen LogP) is 5.22. The third kappa shape index (κ3) is 6.85. The molecule has 3 heterocycles. The molecule has 2 aromatic heterocycles. The van der Waals surface area contributed by atoms with E-state index < -0.39 is 47.3 Å². The topological polar surface area (TPSA) is 213 Å². The Hall–Kier alpha value is -5.98. The number of methoxy groups -OCH3 is 3. The Morgan fingerprint density at radius 3 is 1.94 bits per heavy atom. The number of carbonyl (C=O) groups excluding carboxylic acids is 3. The van der Waals surface area contributed by atoms with Crippen LogP contribution >= 0.6 is 22.6 Å². The van der Waals surface area contributed by atoms with Gasteiger partial charge >= 0.3 is 5.97 Å². The Morgan fingerprint density at radius 1 is 0.942 bits per heavy atom. The zero-order valence-corrected chi connectivity index (χ0v) is 29.9. The number of carbonyl (C=O) groups is 3. The molecule has 6 rings (SSSR count). The second kappa shape index (κ2) is 15.1. The Morgan fingerprint density at radius 2 is 1.46 bits per heavy atom. The van der Waals surface area contributed by atoms with Gasteiger partial charge in [-0.1, -0.05) is 27.7 Å². The highest BCUT2D eigenvalue weighted by Gasteiger charge is 2.51. The number of aromatic nitrogens is 4. The number of benzene rings is 3. The van der Waals surface area contributed by atoms with Gasteiger partial charge in [0.05, 0.1) is 33.2 Å². The Bertz CT molecular complexity index is 2180. The summed E-state index contributed by atoms with van der Waals surface area (Å²) in [4.78, 5) is 69.7. The lowest BCUT2D eigenvalue weighted by molar-refractivity contribution is -0.0844. The maximum Gasteiger partial charge on any atom is 0.338 e. The molecule has 0 radical (unpaired) electrons. The van der Waals surface area contributed by atoms with Crippen molar-refractivity contribution in [3.05, 3.63) is 117 Å². The van der Waals surface area contributed by atoms with Gasteiger partial charge in [-0.15, -0.1) is 0 Å². The largest absolute Gasteiger partial charge is 0.497 e. The molecule has 0 bridgehead atoms. The molecule has 266 valence electrons. The van der Waals surface area contributed by atoms with Crippen LogP contribution < -0.4 is 24.7 Å². The molecule has 1 fully saturated rings. The number of aromatic amines is 1. The Balaban J connectivity index is 1.40. The summed E-state index contributed by atoms with van der Waals surface area (Å²) < 4.78 is 29.1. The van der Waals surface area contributed by atoms with E-state index in [0.29, 0.717) is 17.2 Å². The molecule has 0 aliphatic carbocycles. The minimum atomic E-state index is -1.65. The molecule has 52 heavy (non-hydrogen) atoms. The van der Waals surface area contributed by atoms with Crippen molar-refractivity contribution in [2.75, 3.05) is 30.7 Å². The van der Waals surface area contributed by atoms with Crippen LogP contribution in [0.15, 0.2) is 89.0 Å². The van der Waals surface area contributed by atoms with Crippen LogP contribution in [0.4, 0.5) is 5.95 Å². The zero-order chi connectivity index (χ0) is 37.0. The second-order valence-corrected chi connectivity index (χ2v) is 12.0. The molecule has 1 aliphatic heterocycles. The Labute approximate surface area is 308 Å². The molecule has 3 aromatic carbocycles. The third-order valence-corrected chi connectivity index (χ3v) is 9.35. The maximum absolute atomic E-state index is 14.0. The average Bonchev–Trinajstić information content (AvgIpc) is 3.77. The normalized spacial score (nSPS) is 17.9. The number of halogens is 1. The van der Waals surface area contributed by atoms with Crippen LogP contribution in [0.1, 0.15) is 43.7 Å². The molecule has 5 aromatic rings. The van der Waals surface area contributed by atoms with Crippen molar-refractivity contribution >= 4 is 57.5 Å². The summed E-state index contributed by atoms with van der Waals surface area (Å²) in [7, 11) is 4.45. The van der Waals surface area contributed by atoms with Crippen molar-refractivity contribution in [1.29, 1.82) is 0 Å². The van der Waals surface area contributed by atoms with Gasteiger partial charge in [-0.3, -0.25) is 23.9 Å². The zero-order valence-electron chi connectivity index (χ0n) is 27.8. The van der Waals surface area contributed by atoms with Crippen molar-refractivity contribution in [2.24, 2.45) is 5.11 Å². The van der Waals surface area contributed by atoms with E-state index in [1.165, 1.54) is 68.6 Å². The van der Waals surface area contributed by atoms with Crippen LogP contribution in [0.3, 0.4) is 0 Å². The van der Waals surface area contributed by atoms with Crippen LogP contribution in [-0.4, -0.2) is 74.9 Å². The van der Waals surface area contributed by atoms with Crippen LogP contribution in [0, 0.1) is 0 Å². The minimum absolute atomic E-state index is 0.0432. The lowest BCUT2D eigenvalue weighted by Gasteiger charge is -2.27. The molecule has 1 saturated heterocycles. The van der Waals surface area contributed by atoms with E-state index in [4.69, 9.17) is 23.7 Å². The quantitative estimate of drug-likeness (QED) is 0.0347. The molecule has 2 amide bonds. The summed E-state index contributed by atoms with van der Waals surface area (Å²) in [5.74, 6) is -1.20. The molecule has 17 nitrogen and oxygen atoms in total. The lowest BCUT2D eigenvalue weighted by Crippen LogP contribution is -2.41. The number of amides is 2. The summed E-state index contributed by atoms with van der Waals surface area (Å²) in [5, 5.41) is 3.89. The van der Waals surface area contributed by atoms with Gasteiger partial charge in [0.2, 0.25) is 5.95 Å². The van der Waals surface area contributed by atoms with E-state index >= 15 is 0 Å². The van der Waals surface area contributed by atoms with E-state index in [1.807, 2.05) is 22.6 Å². The van der Waals surface area contributed by atoms with Gasteiger partial charge < -0.3 is 23.7 Å². The fourth-order valence-electron chi connectivity index (χ4n) is 5.51. The fraction of sp³-hybridized carbons (Fsp3) is 0.235. The van der Waals surface area contributed by atoms with Crippen LogP contribution in [-0.2, 0) is 9.47 Å². The number of imide groups is 1. The summed E-state index contributed by atoms with van der Waals surface area (Å²) in [6, 6.07) is 18.3. The summed E-state index contributed by atoms with van der Waals surface area (Å²) in [6.07, 6.45) is -0.865. The summed E-state index contributed by atoms with van der Waals surface area (Å²) >= 11 is 1.96. The van der Waals surface area contributed by atoms with E-state index in [-0.39, 0.29) is 38.7 Å². The number of alkyl halides is 1. The van der Waals surface area contributed by atoms with Gasteiger partial charge in [0, 0.05) is 26.9 Å². The first kappa shape index (κ1) is 35.8. The molecule has 18 heteroatoms. The molecule has 0 saturated carbocycles. The van der Waals surface area contributed by atoms with Crippen LogP contribution in [0.5, 0.6) is 17.2 Å². The molecular weight excluding hydrogens is 791 g/mol. The van der Waals surface area contributed by atoms with E-state index in [9.17, 15) is 24.7 Å². The lowest BCUT2D eigenvalue weighted by atomic mass is 10.1. The number of nitrogens with zero attached hydrogens (tertiary/aromatic N) is 7. The number of nitrogens with one attached hydrogen (secondary N) is 1. The number of azide groups is 1. The van der Waals surface area contributed by atoms with Crippen molar-refractivity contribution < 1.29 is 38.1 Å². The smallest absolute Gasteiger partial charge is 0.338 e. The van der Waals surface area contributed by atoms with Crippen molar-refractivity contribution in [2.45, 2.75) is 24.5 Å². The average molecular weight is 821 g/mol. The molecule has 1 N–H and O–H groups in total. The van der Waals surface area contributed by atoms with Gasteiger partial charge in [0.1, 0.15) is 29.6 Å². The predicted molar refractivity (Wildman–Crippen MR) is 193 cm³/mol. The van der Waals surface area contributed by atoms with Gasteiger partial charge in [-0.25, -0.2) is 14.7 Å². The van der Waals surface area contributed by atoms with Crippen LogP contribution in [0.2, 0.25) is 0 Å². The third-order valence-electron chi connectivity index (χ3n) is 8.26. The monoisotopic (exact) mass is 820 g/mol. The molecule has 0 unspecified atom stereocenters. The first-order chi connectivity index (χ1) is 25.1. The number of hydrogen-bond acceptors (Lipinski definition) is 12. The number of imidazole rings is 1. The number of hydrogen-bond donors (Lipinski definition) is 1. The van der Waals surface area contributed by atoms with Crippen molar-refractivity contribution in [1.82, 2.24) is 19.5 Å². The number of fused-ring (bicyclic) bond motifs is 1. The van der Waals surface area contributed by atoms with E-state index in [2.05, 4.69) is 25.0 Å². The van der Waals surface area contributed by atoms with Gasteiger partial charge in [-0.05, 0) is 78.3 Å².